The maximum atomic E-state index is 12.9. The first kappa shape index (κ1) is 21.4. The number of nitrogens with one attached hydrogen (secondary N) is 1. The summed E-state index contributed by atoms with van der Waals surface area (Å²) in [6, 6.07) is 11.3. The van der Waals surface area contributed by atoms with Crippen LogP contribution in [0.3, 0.4) is 0 Å². The van der Waals surface area contributed by atoms with Crippen molar-refractivity contribution >= 4 is 27.8 Å². The molecule has 2 aromatic rings. The molecule has 0 aliphatic rings. The summed E-state index contributed by atoms with van der Waals surface area (Å²) in [5.74, 6) is -0.797. The minimum absolute atomic E-state index is 0.228. The van der Waals surface area contributed by atoms with Gasteiger partial charge in [-0.25, -0.2) is 13.8 Å². The lowest BCUT2D eigenvalue weighted by Crippen LogP contribution is -2.39. The van der Waals surface area contributed by atoms with Gasteiger partial charge >= 0.3 is 6.18 Å². The molecule has 0 heterocycles. The van der Waals surface area contributed by atoms with E-state index < -0.39 is 34.2 Å². The molecule has 0 atom stereocenters. The molecule has 1 N–H and O–H groups in total. The monoisotopic (exact) mass is 413 g/mol. The highest BCUT2D eigenvalue weighted by Crippen LogP contribution is 2.31. The number of carbonyl (C=O) groups is 1. The fourth-order valence-electron chi connectivity index (χ4n) is 2.43. The van der Waals surface area contributed by atoms with Crippen molar-refractivity contribution in [2.45, 2.75) is 13.1 Å². The quantitative estimate of drug-likeness (QED) is 0.584. The van der Waals surface area contributed by atoms with Gasteiger partial charge < -0.3 is 0 Å². The number of para-hydroxylation sites is 1. The molecule has 0 aliphatic heterocycles. The highest BCUT2D eigenvalue weighted by molar-refractivity contribution is 7.92. The molecule has 0 aliphatic carbocycles. The average Bonchev–Trinajstić information content (AvgIpc) is 2.59. The lowest BCUT2D eigenvalue weighted by molar-refractivity contribution is -0.137. The minimum Gasteiger partial charge on any atom is -0.271 e. The van der Waals surface area contributed by atoms with Crippen LogP contribution in [-0.4, -0.2) is 33.3 Å². The predicted octanol–water partition coefficient (Wildman–Crippen LogP) is 2.93. The van der Waals surface area contributed by atoms with E-state index in [1.165, 1.54) is 18.2 Å². The highest BCUT2D eigenvalue weighted by atomic mass is 32.2. The van der Waals surface area contributed by atoms with Crippen LogP contribution >= 0.6 is 0 Å². The number of sulfonamides is 1. The second-order valence-corrected chi connectivity index (χ2v) is 7.84. The van der Waals surface area contributed by atoms with Gasteiger partial charge in [-0.1, -0.05) is 36.4 Å². The van der Waals surface area contributed by atoms with Crippen molar-refractivity contribution in [2.24, 2.45) is 5.10 Å². The van der Waals surface area contributed by atoms with Gasteiger partial charge in [-0.05, 0) is 24.6 Å². The first-order chi connectivity index (χ1) is 13.0. The zero-order valence-corrected chi connectivity index (χ0v) is 15.9. The Hall–Kier alpha value is -2.88. The first-order valence-electron chi connectivity index (χ1n) is 8.01. The number of anilines is 1. The summed E-state index contributed by atoms with van der Waals surface area (Å²) in [6.45, 7) is 1.12. The van der Waals surface area contributed by atoms with E-state index in [0.717, 1.165) is 22.8 Å². The van der Waals surface area contributed by atoms with E-state index in [0.29, 0.717) is 11.3 Å². The number of benzene rings is 2. The van der Waals surface area contributed by atoms with Crippen LogP contribution < -0.4 is 9.73 Å². The van der Waals surface area contributed by atoms with Crippen molar-refractivity contribution in [1.29, 1.82) is 0 Å². The number of halogens is 3. The first-order valence-corrected chi connectivity index (χ1v) is 9.86. The van der Waals surface area contributed by atoms with Crippen LogP contribution in [0.15, 0.2) is 53.6 Å². The normalized spacial score (nSPS) is 12.2. The molecule has 0 bridgehead atoms. The molecule has 0 saturated heterocycles. The Balaban J connectivity index is 2.15. The molecule has 2 aromatic carbocycles. The Kier molecular flexibility index (Phi) is 6.45. The zero-order valence-electron chi connectivity index (χ0n) is 15.1. The van der Waals surface area contributed by atoms with Crippen LogP contribution in [0.2, 0.25) is 0 Å². The molecule has 2 rings (SSSR count). The van der Waals surface area contributed by atoms with Crippen LogP contribution in [0.1, 0.15) is 16.7 Å². The molecule has 0 aromatic heterocycles. The van der Waals surface area contributed by atoms with Crippen LogP contribution in [0, 0.1) is 6.92 Å². The lowest BCUT2D eigenvalue weighted by Gasteiger charge is -2.23. The van der Waals surface area contributed by atoms with Gasteiger partial charge in [0, 0.05) is 5.56 Å². The summed E-state index contributed by atoms with van der Waals surface area (Å²) >= 11 is 0. The van der Waals surface area contributed by atoms with Crippen molar-refractivity contribution < 1.29 is 26.4 Å². The largest absolute Gasteiger partial charge is 0.417 e. The van der Waals surface area contributed by atoms with Crippen LogP contribution in [0.5, 0.6) is 0 Å². The standard InChI is InChI=1S/C18H18F3N3O3S/c1-13-7-3-6-10-16(13)24(28(2,26)27)12-17(25)23-22-11-14-8-4-5-9-15(14)18(19,20)21/h3-11H,12H2,1-2H3,(H,23,25)/b22-11-. The van der Waals surface area contributed by atoms with Crippen molar-refractivity contribution in [1.82, 2.24) is 5.43 Å². The fourth-order valence-corrected chi connectivity index (χ4v) is 3.35. The van der Waals surface area contributed by atoms with Crippen molar-refractivity contribution in [2.75, 3.05) is 17.1 Å². The number of alkyl halides is 3. The number of amides is 1. The Morgan fingerprint density at radius 3 is 2.36 bits per heavy atom. The van der Waals surface area contributed by atoms with Crippen molar-refractivity contribution in [3.63, 3.8) is 0 Å². The molecule has 10 heteroatoms. The Labute approximate surface area is 160 Å². The van der Waals surface area contributed by atoms with Gasteiger partial charge in [-0.2, -0.15) is 18.3 Å². The summed E-state index contributed by atoms with van der Waals surface area (Å²) in [4.78, 5) is 12.1. The third kappa shape index (κ3) is 5.56. The molecule has 0 saturated carbocycles. The van der Waals surface area contributed by atoms with Crippen molar-refractivity contribution in [3.8, 4) is 0 Å². The van der Waals surface area contributed by atoms with Crippen LogP contribution in [0.25, 0.3) is 0 Å². The maximum absolute atomic E-state index is 12.9. The van der Waals surface area contributed by atoms with E-state index in [9.17, 15) is 26.4 Å². The number of hydrogen-bond donors (Lipinski definition) is 1. The Morgan fingerprint density at radius 2 is 1.75 bits per heavy atom. The third-order valence-corrected chi connectivity index (χ3v) is 4.86. The predicted molar refractivity (Wildman–Crippen MR) is 101 cm³/mol. The van der Waals surface area contributed by atoms with E-state index >= 15 is 0 Å². The molecule has 150 valence electrons. The van der Waals surface area contributed by atoms with E-state index in [2.05, 4.69) is 10.5 Å². The average molecular weight is 413 g/mol. The summed E-state index contributed by atoms with van der Waals surface area (Å²) in [6.07, 6.45) is -2.75. The number of hydrazone groups is 1. The van der Waals surface area contributed by atoms with E-state index in [-0.39, 0.29) is 5.56 Å². The van der Waals surface area contributed by atoms with Gasteiger partial charge in [-0.15, -0.1) is 0 Å². The van der Waals surface area contributed by atoms with Crippen molar-refractivity contribution in [3.05, 3.63) is 65.2 Å². The summed E-state index contributed by atoms with van der Waals surface area (Å²) in [5.41, 5.74) is 1.90. The zero-order chi connectivity index (χ0) is 20.9. The molecular weight excluding hydrogens is 395 g/mol. The molecule has 1 amide bonds. The SMILES string of the molecule is Cc1ccccc1N(CC(=O)N/N=C\c1ccccc1C(F)(F)F)S(C)(=O)=O. The number of nitrogens with zero attached hydrogens (tertiary/aromatic N) is 2. The molecule has 0 radical (unpaired) electrons. The smallest absolute Gasteiger partial charge is 0.271 e. The molecule has 0 fully saturated rings. The van der Waals surface area contributed by atoms with E-state index in [1.807, 2.05) is 0 Å². The van der Waals surface area contributed by atoms with Gasteiger partial charge in [0.25, 0.3) is 5.91 Å². The molecule has 6 nitrogen and oxygen atoms in total. The second-order valence-electron chi connectivity index (χ2n) is 5.93. The third-order valence-electron chi connectivity index (χ3n) is 3.73. The van der Waals surface area contributed by atoms with E-state index in [4.69, 9.17) is 0 Å². The summed E-state index contributed by atoms with van der Waals surface area (Å²) < 4.78 is 63.8. The summed E-state index contributed by atoms with van der Waals surface area (Å²) in [7, 11) is -3.77. The summed E-state index contributed by atoms with van der Waals surface area (Å²) in [5, 5.41) is 3.52. The van der Waals surface area contributed by atoms with Gasteiger partial charge in [0.1, 0.15) is 6.54 Å². The fraction of sp³-hybridized carbons (Fsp3) is 0.222. The Bertz CT molecular complexity index is 989. The second kappa shape index (κ2) is 8.42. The van der Waals surface area contributed by atoms with E-state index in [1.54, 1.807) is 31.2 Å². The topological polar surface area (TPSA) is 78.8 Å². The number of carbonyl (C=O) groups excluding carboxylic acids is 1. The molecule has 0 unspecified atom stereocenters. The molecular formula is C18H18F3N3O3S. The van der Waals surface area contributed by atoms with Gasteiger partial charge in [0.05, 0.1) is 23.7 Å². The molecule has 28 heavy (non-hydrogen) atoms. The number of hydrogen-bond acceptors (Lipinski definition) is 4. The number of aryl methyl sites for hydroxylation is 1. The minimum atomic E-state index is -4.56. The molecule has 0 spiro atoms. The van der Waals surface area contributed by atoms with Gasteiger partial charge in [0.2, 0.25) is 10.0 Å². The Morgan fingerprint density at radius 1 is 1.14 bits per heavy atom. The number of rotatable bonds is 6. The van der Waals surface area contributed by atoms with Crippen LogP contribution in [-0.2, 0) is 21.0 Å². The van der Waals surface area contributed by atoms with Gasteiger partial charge in [0.15, 0.2) is 0 Å². The maximum Gasteiger partial charge on any atom is 0.417 e. The van der Waals surface area contributed by atoms with Gasteiger partial charge in [-0.3, -0.25) is 9.10 Å². The highest BCUT2D eigenvalue weighted by Gasteiger charge is 2.32. The lowest BCUT2D eigenvalue weighted by atomic mass is 10.1. The van der Waals surface area contributed by atoms with Crippen LogP contribution in [0.4, 0.5) is 18.9 Å².